The van der Waals surface area contributed by atoms with Gasteiger partial charge >= 0.3 is 0 Å². The van der Waals surface area contributed by atoms with Gasteiger partial charge in [-0.2, -0.15) is 0 Å². The smallest absolute Gasteiger partial charge is 0.233 e. The molecule has 0 atom stereocenters. The minimum Gasteiger partial charge on any atom is -0.294 e. The molecule has 0 spiro atoms. The standard InChI is InChI=1S/C12H28N4O/c13-15-11-9-7-5-3-1-2-4-6-8-10-12(17)16-14/h15H,1-11,13-14H2,(H,16,17). The number of hydrogen-bond acceptors (Lipinski definition) is 4. The summed E-state index contributed by atoms with van der Waals surface area (Å²) >= 11 is 0. The first-order valence-corrected chi connectivity index (χ1v) is 6.74. The fourth-order valence-corrected chi connectivity index (χ4v) is 1.82. The molecule has 6 N–H and O–H groups in total. The molecule has 0 fully saturated rings. The van der Waals surface area contributed by atoms with Crippen molar-refractivity contribution in [3.05, 3.63) is 0 Å². The van der Waals surface area contributed by atoms with Gasteiger partial charge in [0.05, 0.1) is 0 Å². The molecule has 0 aliphatic carbocycles. The van der Waals surface area contributed by atoms with Crippen molar-refractivity contribution in [1.82, 2.24) is 10.9 Å². The molecule has 102 valence electrons. The molecule has 0 aromatic carbocycles. The van der Waals surface area contributed by atoms with Crippen LogP contribution in [-0.2, 0) is 4.79 Å². The Morgan fingerprint density at radius 1 is 0.765 bits per heavy atom. The molecule has 0 unspecified atom stereocenters. The van der Waals surface area contributed by atoms with E-state index in [1.807, 2.05) is 0 Å². The van der Waals surface area contributed by atoms with Gasteiger partial charge in [-0.3, -0.25) is 21.5 Å². The van der Waals surface area contributed by atoms with Crippen LogP contribution in [0.1, 0.15) is 64.2 Å². The second-order valence-corrected chi connectivity index (χ2v) is 4.45. The Morgan fingerprint density at radius 2 is 1.24 bits per heavy atom. The topological polar surface area (TPSA) is 93.2 Å². The van der Waals surface area contributed by atoms with Crippen molar-refractivity contribution in [3.63, 3.8) is 0 Å². The molecule has 5 heteroatoms. The summed E-state index contributed by atoms with van der Waals surface area (Å²) in [5.41, 5.74) is 4.81. The van der Waals surface area contributed by atoms with Crippen LogP contribution in [0.3, 0.4) is 0 Å². The van der Waals surface area contributed by atoms with Gasteiger partial charge in [-0.25, -0.2) is 5.84 Å². The van der Waals surface area contributed by atoms with E-state index in [-0.39, 0.29) is 5.91 Å². The van der Waals surface area contributed by atoms with Crippen molar-refractivity contribution in [3.8, 4) is 0 Å². The molecule has 0 radical (unpaired) electrons. The van der Waals surface area contributed by atoms with Crippen LogP contribution < -0.4 is 22.5 Å². The van der Waals surface area contributed by atoms with Gasteiger partial charge in [0.2, 0.25) is 5.91 Å². The highest BCUT2D eigenvalue weighted by Gasteiger charge is 1.97. The highest BCUT2D eigenvalue weighted by Crippen LogP contribution is 2.10. The first-order valence-electron chi connectivity index (χ1n) is 6.74. The van der Waals surface area contributed by atoms with E-state index < -0.39 is 0 Å². The van der Waals surface area contributed by atoms with E-state index in [1.54, 1.807) is 0 Å². The number of hydrazine groups is 2. The second kappa shape index (κ2) is 13.4. The number of unbranched alkanes of at least 4 members (excludes halogenated alkanes) is 8. The van der Waals surface area contributed by atoms with E-state index in [0.717, 1.165) is 19.4 Å². The van der Waals surface area contributed by atoms with Crippen LogP contribution in [0.5, 0.6) is 0 Å². The predicted molar refractivity (Wildman–Crippen MR) is 70.7 cm³/mol. The van der Waals surface area contributed by atoms with Gasteiger partial charge in [-0.15, -0.1) is 0 Å². The zero-order valence-corrected chi connectivity index (χ0v) is 10.8. The minimum absolute atomic E-state index is 0.0569. The Kier molecular flexibility index (Phi) is 12.9. The Balaban J connectivity index is 2.96. The van der Waals surface area contributed by atoms with E-state index in [2.05, 4.69) is 10.9 Å². The third kappa shape index (κ3) is 13.3. The Hall–Kier alpha value is -0.650. The fourth-order valence-electron chi connectivity index (χ4n) is 1.82. The molecule has 0 aliphatic rings. The van der Waals surface area contributed by atoms with Crippen molar-refractivity contribution >= 4 is 5.91 Å². The third-order valence-corrected chi connectivity index (χ3v) is 2.89. The van der Waals surface area contributed by atoms with E-state index in [9.17, 15) is 4.79 Å². The summed E-state index contributed by atoms with van der Waals surface area (Å²) in [6.07, 6.45) is 11.5. The van der Waals surface area contributed by atoms with Crippen LogP contribution in [0, 0.1) is 0 Å². The van der Waals surface area contributed by atoms with Crippen molar-refractivity contribution in [2.75, 3.05) is 6.54 Å². The molecule has 0 aromatic heterocycles. The maximum absolute atomic E-state index is 10.8. The molecule has 0 aliphatic heterocycles. The van der Waals surface area contributed by atoms with E-state index in [1.165, 1.54) is 44.9 Å². The van der Waals surface area contributed by atoms with Gasteiger partial charge in [0.25, 0.3) is 0 Å². The minimum atomic E-state index is -0.0569. The zero-order valence-electron chi connectivity index (χ0n) is 10.8. The summed E-state index contributed by atoms with van der Waals surface area (Å²) < 4.78 is 0. The van der Waals surface area contributed by atoms with Crippen LogP contribution in [-0.4, -0.2) is 12.5 Å². The van der Waals surface area contributed by atoms with Crippen molar-refractivity contribution < 1.29 is 4.79 Å². The molecule has 5 nitrogen and oxygen atoms in total. The lowest BCUT2D eigenvalue weighted by molar-refractivity contribution is -0.121. The normalized spacial score (nSPS) is 10.5. The average Bonchev–Trinajstić information content (AvgIpc) is 2.35. The lowest BCUT2D eigenvalue weighted by atomic mass is 10.1. The molecular weight excluding hydrogens is 216 g/mol. The second-order valence-electron chi connectivity index (χ2n) is 4.45. The van der Waals surface area contributed by atoms with Gasteiger partial charge < -0.3 is 0 Å². The number of nitrogens with two attached hydrogens (primary N) is 2. The quantitative estimate of drug-likeness (QED) is 0.180. The van der Waals surface area contributed by atoms with Crippen LogP contribution >= 0.6 is 0 Å². The number of carbonyl (C=O) groups excluding carboxylic acids is 1. The van der Waals surface area contributed by atoms with Crippen LogP contribution in [0.25, 0.3) is 0 Å². The Morgan fingerprint density at radius 3 is 1.71 bits per heavy atom. The molecule has 0 saturated carbocycles. The number of carbonyl (C=O) groups is 1. The summed E-state index contributed by atoms with van der Waals surface area (Å²) in [6, 6.07) is 0. The summed E-state index contributed by atoms with van der Waals surface area (Å²) in [6.45, 7) is 0.920. The summed E-state index contributed by atoms with van der Waals surface area (Å²) in [4.78, 5) is 10.8. The molecular formula is C12H28N4O. The maximum Gasteiger partial charge on any atom is 0.233 e. The van der Waals surface area contributed by atoms with Gasteiger partial charge in [-0.1, -0.05) is 44.9 Å². The Labute approximate surface area is 105 Å². The number of amides is 1. The highest BCUT2D eigenvalue weighted by molar-refractivity contribution is 5.74. The number of hydrogen-bond donors (Lipinski definition) is 4. The number of rotatable bonds is 12. The van der Waals surface area contributed by atoms with Crippen molar-refractivity contribution in [2.24, 2.45) is 11.7 Å². The van der Waals surface area contributed by atoms with Gasteiger partial charge in [0.1, 0.15) is 0 Å². The van der Waals surface area contributed by atoms with E-state index in [4.69, 9.17) is 11.7 Å². The van der Waals surface area contributed by atoms with Gasteiger partial charge in [0.15, 0.2) is 0 Å². The SMILES string of the molecule is NNCCCCCCCCCCCC(=O)NN. The molecule has 0 rings (SSSR count). The predicted octanol–water partition coefficient (Wildman–Crippen LogP) is 1.34. The molecule has 1 amide bonds. The third-order valence-electron chi connectivity index (χ3n) is 2.89. The van der Waals surface area contributed by atoms with Crippen molar-refractivity contribution in [1.29, 1.82) is 0 Å². The lowest BCUT2D eigenvalue weighted by Crippen LogP contribution is -2.29. The number of nitrogens with one attached hydrogen (secondary N) is 2. The first-order chi connectivity index (χ1) is 8.31. The zero-order chi connectivity index (χ0) is 12.8. The lowest BCUT2D eigenvalue weighted by Gasteiger charge is -2.02. The largest absolute Gasteiger partial charge is 0.294 e. The van der Waals surface area contributed by atoms with Gasteiger partial charge in [0, 0.05) is 13.0 Å². The van der Waals surface area contributed by atoms with Gasteiger partial charge in [-0.05, 0) is 12.8 Å². The monoisotopic (exact) mass is 244 g/mol. The molecule has 17 heavy (non-hydrogen) atoms. The summed E-state index contributed by atoms with van der Waals surface area (Å²) in [5, 5.41) is 0. The maximum atomic E-state index is 10.8. The molecule has 0 saturated heterocycles. The van der Waals surface area contributed by atoms with E-state index >= 15 is 0 Å². The summed E-state index contributed by atoms with van der Waals surface area (Å²) in [7, 11) is 0. The first kappa shape index (κ1) is 16.4. The van der Waals surface area contributed by atoms with Crippen LogP contribution in [0.2, 0.25) is 0 Å². The summed E-state index contributed by atoms with van der Waals surface area (Å²) in [5.74, 6) is 10.1. The average molecular weight is 244 g/mol. The molecule has 0 aromatic rings. The van der Waals surface area contributed by atoms with Crippen LogP contribution in [0.15, 0.2) is 0 Å². The highest BCUT2D eigenvalue weighted by atomic mass is 16.2. The Bertz CT molecular complexity index is 176. The molecule has 0 bridgehead atoms. The molecule has 0 heterocycles. The fraction of sp³-hybridized carbons (Fsp3) is 0.917. The van der Waals surface area contributed by atoms with E-state index in [0.29, 0.717) is 6.42 Å². The van der Waals surface area contributed by atoms with Crippen molar-refractivity contribution in [2.45, 2.75) is 64.2 Å². The van der Waals surface area contributed by atoms with Crippen LogP contribution in [0.4, 0.5) is 0 Å².